The van der Waals surface area contributed by atoms with E-state index in [1.165, 1.54) is 19.3 Å². The van der Waals surface area contributed by atoms with Crippen LogP contribution in [0, 0.1) is 11.8 Å². The van der Waals surface area contributed by atoms with Crippen LogP contribution >= 0.6 is 23.2 Å². The van der Waals surface area contributed by atoms with Gasteiger partial charge in [0.15, 0.2) is 0 Å². The summed E-state index contributed by atoms with van der Waals surface area (Å²) in [6.45, 7) is 5.63. The molecule has 0 heterocycles. The zero-order valence-electron chi connectivity index (χ0n) is 11.8. The number of benzene rings is 1. The van der Waals surface area contributed by atoms with Crippen molar-refractivity contribution in [1.29, 1.82) is 0 Å². The first-order valence-electron chi connectivity index (χ1n) is 7.22. The van der Waals surface area contributed by atoms with E-state index < -0.39 is 0 Å². The highest BCUT2D eigenvalue weighted by Crippen LogP contribution is 2.29. The highest BCUT2D eigenvalue weighted by atomic mass is 35.5. The van der Waals surface area contributed by atoms with Gasteiger partial charge in [0.05, 0.1) is 0 Å². The first-order valence-corrected chi connectivity index (χ1v) is 7.98. The zero-order chi connectivity index (χ0) is 13.8. The van der Waals surface area contributed by atoms with Gasteiger partial charge in [0, 0.05) is 16.1 Å². The molecular weight excluding hydrogens is 277 g/mol. The fraction of sp³-hybridized carbons (Fsp3) is 0.625. The first kappa shape index (κ1) is 15.2. The van der Waals surface area contributed by atoms with Crippen LogP contribution in [0.25, 0.3) is 0 Å². The van der Waals surface area contributed by atoms with E-state index in [0.29, 0.717) is 11.8 Å². The topological polar surface area (TPSA) is 12.0 Å². The third-order valence-electron chi connectivity index (χ3n) is 3.63. The lowest BCUT2D eigenvalue weighted by Gasteiger charge is -2.21. The van der Waals surface area contributed by atoms with Gasteiger partial charge in [-0.3, -0.25) is 0 Å². The number of hydrogen-bond acceptors (Lipinski definition) is 1. The quantitative estimate of drug-likeness (QED) is 0.751. The highest BCUT2D eigenvalue weighted by Gasteiger charge is 2.23. The van der Waals surface area contributed by atoms with Gasteiger partial charge in [-0.1, -0.05) is 43.1 Å². The molecule has 1 N–H and O–H groups in total. The Morgan fingerprint density at radius 1 is 1.21 bits per heavy atom. The number of hydrogen-bond donors (Lipinski definition) is 1. The molecule has 106 valence electrons. The predicted octanol–water partition coefficient (Wildman–Crippen LogP) is 4.95. The summed E-state index contributed by atoms with van der Waals surface area (Å²) < 4.78 is 0. The molecule has 1 fully saturated rings. The Morgan fingerprint density at radius 2 is 1.84 bits per heavy atom. The third kappa shape index (κ3) is 4.98. The van der Waals surface area contributed by atoms with Crippen LogP contribution in [0.5, 0.6) is 0 Å². The van der Waals surface area contributed by atoms with Crippen molar-refractivity contribution in [3.05, 3.63) is 33.8 Å². The molecule has 1 aliphatic rings. The Kier molecular flexibility index (Phi) is 5.56. The lowest BCUT2D eigenvalue weighted by Crippen LogP contribution is -2.27. The van der Waals surface area contributed by atoms with Crippen LogP contribution in [0.4, 0.5) is 0 Å². The molecule has 0 saturated heterocycles. The second-order valence-corrected chi connectivity index (χ2v) is 6.90. The summed E-state index contributed by atoms with van der Waals surface area (Å²) in [4.78, 5) is 0. The molecule has 0 amide bonds. The molecule has 0 aliphatic heterocycles. The van der Waals surface area contributed by atoms with E-state index in [9.17, 15) is 0 Å². The summed E-state index contributed by atoms with van der Waals surface area (Å²) in [6, 6.07) is 6.54. The van der Waals surface area contributed by atoms with E-state index in [1.807, 2.05) is 18.2 Å². The van der Waals surface area contributed by atoms with Gasteiger partial charge in [-0.15, -0.1) is 0 Å². The van der Waals surface area contributed by atoms with Crippen molar-refractivity contribution in [2.75, 3.05) is 6.54 Å². The Morgan fingerprint density at radius 3 is 2.37 bits per heavy atom. The first-order chi connectivity index (χ1) is 9.06. The summed E-state index contributed by atoms with van der Waals surface area (Å²) in [5.41, 5.74) is 1.11. The maximum atomic E-state index is 6.28. The van der Waals surface area contributed by atoms with Crippen LogP contribution in [-0.2, 0) is 6.42 Å². The molecule has 0 spiro atoms. The van der Waals surface area contributed by atoms with Crippen molar-refractivity contribution in [1.82, 2.24) is 5.32 Å². The Bertz CT molecular complexity index is 393. The molecule has 1 aliphatic carbocycles. The molecule has 2 rings (SSSR count). The average Bonchev–Trinajstić information content (AvgIpc) is 3.14. The van der Waals surface area contributed by atoms with Gasteiger partial charge in [-0.2, -0.15) is 0 Å². The smallest absolute Gasteiger partial charge is 0.0452 e. The van der Waals surface area contributed by atoms with Crippen LogP contribution in [-0.4, -0.2) is 12.6 Å². The van der Waals surface area contributed by atoms with E-state index in [1.54, 1.807) is 0 Å². The van der Waals surface area contributed by atoms with Crippen molar-refractivity contribution < 1.29 is 0 Å². The van der Waals surface area contributed by atoms with E-state index >= 15 is 0 Å². The fourth-order valence-electron chi connectivity index (χ4n) is 2.54. The highest BCUT2D eigenvalue weighted by molar-refractivity contribution is 6.35. The van der Waals surface area contributed by atoms with Gasteiger partial charge in [0.2, 0.25) is 0 Å². The van der Waals surface area contributed by atoms with Crippen LogP contribution in [0.1, 0.15) is 38.7 Å². The van der Waals surface area contributed by atoms with Gasteiger partial charge in [0.1, 0.15) is 0 Å². The second kappa shape index (κ2) is 6.97. The lowest BCUT2D eigenvalue weighted by atomic mass is 9.90. The molecule has 0 aromatic heterocycles. The van der Waals surface area contributed by atoms with Crippen molar-refractivity contribution in [2.45, 2.75) is 45.6 Å². The summed E-state index contributed by atoms with van der Waals surface area (Å²) in [5.74, 6) is 1.31. The van der Waals surface area contributed by atoms with Gasteiger partial charge in [0.25, 0.3) is 0 Å². The maximum absolute atomic E-state index is 6.28. The minimum absolute atomic E-state index is 0.609. The average molecular weight is 300 g/mol. The number of nitrogens with one attached hydrogen (secondary N) is 1. The molecule has 1 saturated carbocycles. The van der Waals surface area contributed by atoms with Crippen LogP contribution in [0.3, 0.4) is 0 Å². The summed E-state index contributed by atoms with van der Waals surface area (Å²) in [6.07, 6.45) is 4.85. The molecule has 19 heavy (non-hydrogen) atoms. The van der Waals surface area contributed by atoms with Gasteiger partial charge >= 0.3 is 0 Å². The number of rotatable bonds is 7. The molecule has 1 nitrogen and oxygen atoms in total. The van der Waals surface area contributed by atoms with Crippen LogP contribution in [0.2, 0.25) is 10.0 Å². The second-order valence-electron chi connectivity index (χ2n) is 6.08. The van der Waals surface area contributed by atoms with E-state index in [2.05, 4.69) is 19.2 Å². The maximum Gasteiger partial charge on any atom is 0.0452 e. The predicted molar refractivity (Wildman–Crippen MR) is 84.1 cm³/mol. The monoisotopic (exact) mass is 299 g/mol. The van der Waals surface area contributed by atoms with Gasteiger partial charge in [-0.25, -0.2) is 0 Å². The summed E-state index contributed by atoms with van der Waals surface area (Å²) in [5, 5.41) is 5.23. The summed E-state index contributed by atoms with van der Waals surface area (Å²) in [7, 11) is 0. The molecule has 1 atom stereocenters. The zero-order valence-corrected chi connectivity index (χ0v) is 13.3. The van der Waals surface area contributed by atoms with Crippen molar-refractivity contribution in [2.24, 2.45) is 11.8 Å². The Labute approximate surface area is 126 Å². The normalized spacial score (nSPS) is 16.9. The lowest BCUT2D eigenvalue weighted by molar-refractivity contribution is 0.384. The standard InChI is InChI=1S/C16H23Cl2N/c1-11(2)8-12(10-19-13-6-7-13)9-14-15(17)4-3-5-16(14)18/h3-5,11-13,19H,6-10H2,1-2H3. The Hall–Kier alpha value is -0.240. The minimum Gasteiger partial charge on any atom is -0.314 e. The molecular formula is C16H23Cl2N. The van der Waals surface area contributed by atoms with E-state index in [0.717, 1.165) is 34.6 Å². The fourth-order valence-corrected chi connectivity index (χ4v) is 3.09. The molecule has 3 heteroatoms. The van der Waals surface area contributed by atoms with E-state index in [4.69, 9.17) is 23.2 Å². The van der Waals surface area contributed by atoms with Crippen molar-refractivity contribution in [3.63, 3.8) is 0 Å². The molecule has 0 bridgehead atoms. The largest absolute Gasteiger partial charge is 0.314 e. The molecule has 1 aromatic carbocycles. The van der Waals surface area contributed by atoms with Crippen molar-refractivity contribution >= 4 is 23.2 Å². The Balaban J connectivity index is 2.00. The molecule has 1 aromatic rings. The molecule has 1 unspecified atom stereocenters. The van der Waals surface area contributed by atoms with Crippen LogP contribution in [0.15, 0.2) is 18.2 Å². The minimum atomic E-state index is 0.609. The third-order valence-corrected chi connectivity index (χ3v) is 4.34. The van der Waals surface area contributed by atoms with Gasteiger partial charge < -0.3 is 5.32 Å². The summed E-state index contributed by atoms with van der Waals surface area (Å²) >= 11 is 12.6. The number of halogens is 2. The molecule has 0 radical (unpaired) electrons. The van der Waals surface area contributed by atoms with Gasteiger partial charge in [-0.05, 0) is 61.8 Å². The van der Waals surface area contributed by atoms with E-state index in [-0.39, 0.29) is 0 Å². The van der Waals surface area contributed by atoms with Crippen LogP contribution < -0.4 is 5.32 Å². The SMILES string of the molecule is CC(C)CC(CNC1CC1)Cc1c(Cl)cccc1Cl. The van der Waals surface area contributed by atoms with Crippen molar-refractivity contribution in [3.8, 4) is 0 Å².